The van der Waals surface area contributed by atoms with Crippen molar-refractivity contribution in [2.24, 2.45) is 0 Å². The average molecular weight is 399 g/mol. The molecule has 5 heteroatoms. The van der Waals surface area contributed by atoms with E-state index in [1.807, 2.05) is 56.3 Å². The Morgan fingerprint density at radius 1 is 1.27 bits per heavy atom. The van der Waals surface area contributed by atoms with Crippen molar-refractivity contribution in [2.75, 3.05) is 5.32 Å². The van der Waals surface area contributed by atoms with Gasteiger partial charge in [0.05, 0.1) is 5.25 Å². The predicted octanol–water partition coefficient (Wildman–Crippen LogP) is 5.92. The second-order valence-electron chi connectivity index (χ2n) is 4.92. The topological polar surface area (TPSA) is 29.1 Å². The average Bonchev–Trinajstić information content (AvgIpc) is 2.50. The molecule has 0 aliphatic rings. The van der Waals surface area contributed by atoms with Crippen LogP contribution in [0.1, 0.15) is 18.9 Å². The van der Waals surface area contributed by atoms with Crippen LogP contribution >= 0.6 is 39.3 Å². The maximum Gasteiger partial charge on any atom is 0.237 e. The van der Waals surface area contributed by atoms with Gasteiger partial charge in [-0.2, -0.15) is 0 Å². The summed E-state index contributed by atoms with van der Waals surface area (Å²) in [6.45, 7) is 4.01. The number of hydrogen-bond donors (Lipinski definition) is 1. The summed E-state index contributed by atoms with van der Waals surface area (Å²) in [7, 11) is 0. The number of benzene rings is 2. The molecular weight excluding hydrogens is 382 g/mol. The lowest BCUT2D eigenvalue weighted by Crippen LogP contribution is -2.24. The molecule has 2 aromatic rings. The Hall–Kier alpha value is -0.970. The summed E-state index contributed by atoms with van der Waals surface area (Å²) in [6, 6.07) is 13.4. The van der Waals surface area contributed by atoms with E-state index in [0.717, 1.165) is 27.0 Å². The molecule has 1 unspecified atom stereocenters. The third kappa shape index (κ3) is 4.77. The summed E-state index contributed by atoms with van der Waals surface area (Å²) in [5.41, 5.74) is 1.91. The Balaban J connectivity index is 2.04. The normalized spacial score (nSPS) is 12.0. The van der Waals surface area contributed by atoms with Crippen LogP contribution in [0.5, 0.6) is 0 Å². The second-order valence-corrected chi connectivity index (χ2v) is 7.49. The van der Waals surface area contributed by atoms with E-state index in [1.54, 1.807) is 11.8 Å². The minimum atomic E-state index is -0.134. The van der Waals surface area contributed by atoms with Crippen LogP contribution in [0.25, 0.3) is 0 Å². The molecule has 0 aliphatic heterocycles. The second kappa shape index (κ2) is 8.04. The van der Waals surface area contributed by atoms with E-state index in [1.165, 1.54) is 0 Å². The van der Waals surface area contributed by atoms with E-state index in [4.69, 9.17) is 11.6 Å². The minimum absolute atomic E-state index is 0.0178. The van der Waals surface area contributed by atoms with Crippen LogP contribution in [0, 0.1) is 6.92 Å². The molecule has 0 aromatic heterocycles. The number of carbonyl (C=O) groups excluding carboxylic acids is 1. The highest BCUT2D eigenvalue weighted by Crippen LogP contribution is 2.28. The van der Waals surface area contributed by atoms with Crippen LogP contribution in [-0.4, -0.2) is 11.2 Å². The zero-order chi connectivity index (χ0) is 16.1. The van der Waals surface area contributed by atoms with Crippen molar-refractivity contribution in [2.45, 2.75) is 30.4 Å². The van der Waals surface area contributed by atoms with E-state index in [0.29, 0.717) is 5.02 Å². The maximum atomic E-state index is 12.4. The van der Waals surface area contributed by atoms with Gasteiger partial charge < -0.3 is 5.32 Å². The molecule has 2 rings (SSSR count). The fourth-order valence-electron chi connectivity index (χ4n) is 1.94. The number of rotatable bonds is 5. The van der Waals surface area contributed by atoms with E-state index < -0.39 is 0 Å². The first-order valence-corrected chi connectivity index (χ1v) is 9.04. The highest BCUT2D eigenvalue weighted by atomic mass is 79.9. The van der Waals surface area contributed by atoms with Gasteiger partial charge in [-0.25, -0.2) is 0 Å². The molecule has 116 valence electrons. The Morgan fingerprint density at radius 3 is 2.55 bits per heavy atom. The van der Waals surface area contributed by atoms with Crippen molar-refractivity contribution in [3.63, 3.8) is 0 Å². The van der Waals surface area contributed by atoms with Gasteiger partial charge in [0.2, 0.25) is 5.91 Å². The van der Waals surface area contributed by atoms with Crippen molar-refractivity contribution in [1.29, 1.82) is 0 Å². The Bertz CT molecular complexity index is 660. The predicted molar refractivity (Wildman–Crippen MR) is 98.9 cm³/mol. The van der Waals surface area contributed by atoms with Crippen LogP contribution in [-0.2, 0) is 4.79 Å². The molecule has 0 saturated heterocycles. The zero-order valence-corrected chi connectivity index (χ0v) is 15.6. The quantitative estimate of drug-likeness (QED) is 0.633. The van der Waals surface area contributed by atoms with Crippen molar-refractivity contribution in [3.05, 3.63) is 57.5 Å². The fraction of sp³-hybridized carbons (Fsp3) is 0.235. The number of carbonyl (C=O) groups is 1. The first-order chi connectivity index (χ1) is 10.5. The molecule has 2 aromatic carbocycles. The van der Waals surface area contributed by atoms with Gasteiger partial charge in [-0.05, 0) is 61.4 Å². The van der Waals surface area contributed by atoms with Gasteiger partial charge in [-0.15, -0.1) is 11.8 Å². The molecular formula is C17H17BrClNOS. The maximum absolute atomic E-state index is 12.4. The Morgan fingerprint density at radius 2 is 1.95 bits per heavy atom. The molecule has 1 N–H and O–H groups in total. The summed E-state index contributed by atoms with van der Waals surface area (Å²) < 4.78 is 1.04. The summed E-state index contributed by atoms with van der Waals surface area (Å²) >= 11 is 10.9. The first-order valence-electron chi connectivity index (χ1n) is 6.99. The van der Waals surface area contributed by atoms with Gasteiger partial charge in [0, 0.05) is 20.1 Å². The lowest BCUT2D eigenvalue weighted by atomic mass is 10.2. The zero-order valence-electron chi connectivity index (χ0n) is 12.4. The van der Waals surface area contributed by atoms with Gasteiger partial charge in [-0.1, -0.05) is 34.5 Å². The number of thioether (sulfide) groups is 1. The summed E-state index contributed by atoms with van der Waals surface area (Å²) in [5.74, 6) is 0.0178. The summed E-state index contributed by atoms with van der Waals surface area (Å²) in [5, 5.41) is 3.55. The molecule has 0 bridgehead atoms. The number of anilines is 1. The number of amides is 1. The van der Waals surface area contributed by atoms with Gasteiger partial charge >= 0.3 is 0 Å². The highest BCUT2D eigenvalue weighted by molar-refractivity contribution is 9.10. The Labute approximate surface area is 148 Å². The Kier molecular flexibility index (Phi) is 6.36. The van der Waals surface area contributed by atoms with Crippen molar-refractivity contribution in [3.8, 4) is 0 Å². The molecule has 1 amide bonds. The first kappa shape index (κ1) is 17.4. The molecule has 22 heavy (non-hydrogen) atoms. The monoisotopic (exact) mass is 397 g/mol. The highest BCUT2D eigenvalue weighted by Gasteiger charge is 2.18. The van der Waals surface area contributed by atoms with Gasteiger partial charge in [0.1, 0.15) is 0 Å². The number of nitrogens with one attached hydrogen (secondary N) is 1. The molecule has 0 aliphatic carbocycles. The van der Waals surface area contributed by atoms with E-state index in [9.17, 15) is 4.79 Å². The molecule has 0 saturated carbocycles. The van der Waals surface area contributed by atoms with Crippen LogP contribution in [0.3, 0.4) is 0 Å². The molecule has 0 heterocycles. The van der Waals surface area contributed by atoms with E-state index >= 15 is 0 Å². The van der Waals surface area contributed by atoms with Crippen LogP contribution < -0.4 is 5.32 Å². The van der Waals surface area contributed by atoms with E-state index in [2.05, 4.69) is 21.2 Å². The SMILES string of the molecule is CCC(Sc1ccc(Cl)cc1)C(=O)Nc1ccc(Br)c(C)c1. The molecule has 0 radical (unpaired) electrons. The van der Waals surface area contributed by atoms with Gasteiger partial charge in [-0.3, -0.25) is 4.79 Å². The standard InChI is InChI=1S/C17H17BrClNOS/c1-3-16(22-14-7-4-12(19)5-8-14)17(21)20-13-6-9-15(18)11(2)10-13/h4-10,16H,3H2,1-2H3,(H,20,21). The van der Waals surface area contributed by atoms with Crippen LogP contribution in [0.4, 0.5) is 5.69 Å². The number of aryl methyl sites for hydroxylation is 1. The molecule has 2 nitrogen and oxygen atoms in total. The third-order valence-corrected chi connectivity index (χ3v) is 5.70. The molecule has 0 fully saturated rings. The smallest absolute Gasteiger partial charge is 0.237 e. The summed E-state index contributed by atoms with van der Waals surface area (Å²) in [4.78, 5) is 13.5. The van der Waals surface area contributed by atoms with Crippen molar-refractivity contribution in [1.82, 2.24) is 0 Å². The lowest BCUT2D eigenvalue weighted by molar-refractivity contribution is -0.115. The number of hydrogen-bond acceptors (Lipinski definition) is 2. The van der Waals surface area contributed by atoms with Gasteiger partial charge in [0.15, 0.2) is 0 Å². The number of halogens is 2. The minimum Gasteiger partial charge on any atom is -0.325 e. The van der Waals surface area contributed by atoms with Gasteiger partial charge in [0.25, 0.3) is 0 Å². The molecule has 0 spiro atoms. The third-order valence-electron chi connectivity index (χ3n) is 3.18. The lowest BCUT2D eigenvalue weighted by Gasteiger charge is -2.15. The fourth-order valence-corrected chi connectivity index (χ4v) is 3.27. The van der Waals surface area contributed by atoms with Crippen LogP contribution in [0.2, 0.25) is 5.02 Å². The summed E-state index contributed by atoms with van der Waals surface area (Å²) in [6.07, 6.45) is 0.759. The van der Waals surface area contributed by atoms with Crippen molar-refractivity contribution >= 4 is 50.9 Å². The largest absolute Gasteiger partial charge is 0.325 e. The van der Waals surface area contributed by atoms with E-state index in [-0.39, 0.29) is 11.2 Å². The van der Waals surface area contributed by atoms with Crippen molar-refractivity contribution < 1.29 is 4.79 Å². The van der Waals surface area contributed by atoms with Crippen LogP contribution in [0.15, 0.2) is 51.8 Å². The molecule has 1 atom stereocenters.